The zero-order valence-electron chi connectivity index (χ0n) is 17.3. The molecule has 0 fully saturated rings. The van der Waals surface area contributed by atoms with Gasteiger partial charge in [0.15, 0.2) is 10.9 Å². The highest BCUT2D eigenvalue weighted by Crippen LogP contribution is 2.35. The summed E-state index contributed by atoms with van der Waals surface area (Å²) < 4.78 is 39.0. The van der Waals surface area contributed by atoms with Crippen molar-refractivity contribution in [1.82, 2.24) is 24.9 Å². The summed E-state index contributed by atoms with van der Waals surface area (Å²) in [7, 11) is 0. The van der Waals surface area contributed by atoms with Gasteiger partial charge in [0.2, 0.25) is 0 Å². The van der Waals surface area contributed by atoms with Gasteiger partial charge in [0.1, 0.15) is 28.5 Å². The summed E-state index contributed by atoms with van der Waals surface area (Å²) in [5.74, 6) is -0.809. The number of alkyl halides is 3. The maximum Gasteiger partial charge on any atom is 0.418 e. The number of nitrogens with one attached hydrogen (secondary N) is 2. The van der Waals surface area contributed by atoms with Gasteiger partial charge < -0.3 is 10.6 Å². The first-order valence-electron chi connectivity index (χ1n) is 9.69. The zero-order chi connectivity index (χ0) is 25.0. The molecule has 0 aliphatic rings. The molecule has 180 valence electrons. The van der Waals surface area contributed by atoms with Crippen molar-refractivity contribution in [2.75, 3.05) is 10.6 Å². The number of aryl methyl sites for hydroxylation is 1. The number of carbonyl (C=O) groups is 2. The molecule has 0 saturated carbocycles. The van der Waals surface area contributed by atoms with Crippen LogP contribution in [0, 0.1) is 0 Å². The molecule has 0 spiro atoms. The highest BCUT2D eigenvalue weighted by atomic mass is 35.5. The number of carbonyl (C=O) groups excluding carboxylic acids is 2. The molecule has 4 heterocycles. The van der Waals surface area contributed by atoms with Crippen LogP contribution in [0.1, 0.15) is 37.2 Å². The quantitative estimate of drug-likeness (QED) is 0.290. The fourth-order valence-electron chi connectivity index (χ4n) is 2.75. The van der Waals surface area contributed by atoms with E-state index in [9.17, 15) is 22.8 Å². The van der Waals surface area contributed by atoms with Crippen LogP contribution in [-0.2, 0) is 12.6 Å². The largest absolute Gasteiger partial charge is 0.418 e. The molecule has 0 unspecified atom stereocenters. The van der Waals surface area contributed by atoms with E-state index in [1.807, 2.05) is 0 Å². The number of Topliss-reactive ketones (excluding diaryl/α,β-unsaturated/α-hetero) is 1. The molecule has 0 aliphatic carbocycles. The van der Waals surface area contributed by atoms with E-state index in [-0.39, 0.29) is 35.0 Å². The first-order chi connectivity index (χ1) is 16.7. The lowest BCUT2D eigenvalue weighted by Gasteiger charge is -2.10. The lowest BCUT2D eigenvalue weighted by Crippen LogP contribution is -2.13. The third kappa shape index (κ3) is 6.35. The molecular weight excluding hydrogens is 527 g/mol. The van der Waals surface area contributed by atoms with Crippen LogP contribution < -0.4 is 10.6 Å². The minimum absolute atomic E-state index is 0.0793. The average molecular weight is 540 g/mol. The van der Waals surface area contributed by atoms with Gasteiger partial charge in [-0.25, -0.2) is 24.9 Å². The summed E-state index contributed by atoms with van der Waals surface area (Å²) in [5.41, 5.74) is -0.898. The van der Waals surface area contributed by atoms with Gasteiger partial charge in [0.05, 0.1) is 21.8 Å². The van der Waals surface area contributed by atoms with Crippen molar-refractivity contribution in [2.24, 2.45) is 0 Å². The number of anilines is 3. The molecule has 0 aliphatic heterocycles. The van der Waals surface area contributed by atoms with Crippen molar-refractivity contribution < 1.29 is 22.8 Å². The third-order valence-corrected chi connectivity index (χ3v) is 6.41. The van der Waals surface area contributed by atoms with E-state index < -0.39 is 22.7 Å². The Labute approximate surface area is 208 Å². The molecular formula is C20H13ClF3N7O2S2. The standard InChI is InChI=1S/C20H13ClF3N7O2S2/c21-11-7-26-15(5-10(11)20(22,23)24)30-18(33)14-8-27-17(35-14)2-1-13(32)12-6-16(29-9-28-12)31-19-25-3-4-34-19/h3-9H,1-2H2,(H,26,30,33)(H,25,28,29,31). The number of ketones is 1. The van der Waals surface area contributed by atoms with Gasteiger partial charge in [-0.15, -0.1) is 22.7 Å². The Morgan fingerprint density at radius 2 is 1.86 bits per heavy atom. The van der Waals surface area contributed by atoms with Crippen LogP contribution in [-0.4, -0.2) is 36.6 Å². The number of pyridine rings is 1. The van der Waals surface area contributed by atoms with Gasteiger partial charge in [-0.2, -0.15) is 13.2 Å². The molecule has 2 N–H and O–H groups in total. The Kier molecular flexibility index (Phi) is 7.33. The molecule has 0 atom stereocenters. The van der Waals surface area contributed by atoms with Gasteiger partial charge in [0.25, 0.3) is 5.91 Å². The number of hydrogen-bond acceptors (Lipinski definition) is 10. The van der Waals surface area contributed by atoms with E-state index in [2.05, 4.69) is 35.6 Å². The second-order valence-corrected chi connectivity index (χ2v) is 9.21. The molecule has 9 nitrogen and oxygen atoms in total. The molecule has 1 amide bonds. The molecule has 4 aromatic rings. The Morgan fingerprint density at radius 1 is 1.03 bits per heavy atom. The zero-order valence-corrected chi connectivity index (χ0v) is 19.7. The van der Waals surface area contributed by atoms with Crippen molar-refractivity contribution in [1.29, 1.82) is 0 Å². The molecule has 4 aromatic heterocycles. The normalized spacial score (nSPS) is 11.3. The average Bonchev–Trinajstić information content (AvgIpc) is 3.50. The Bertz CT molecular complexity index is 1360. The number of aromatic nitrogens is 5. The summed E-state index contributed by atoms with van der Waals surface area (Å²) in [6, 6.07) is 2.17. The minimum atomic E-state index is -4.69. The van der Waals surface area contributed by atoms with Crippen molar-refractivity contribution in [2.45, 2.75) is 19.0 Å². The topological polar surface area (TPSA) is 123 Å². The molecule has 0 bridgehead atoms. The Balaban J connectivity index is 1.35. The number of thiazole rings is 2. The van der Waals surface area contributed by atoms with Gasteiger partial charge in [-0.05, 0) is 6.07 Å². The van der Waals surface area contributed by atoms with Crippen LogP contribution in [0.25, 0.3) is 0 Å². The summed E-state index contributed by atoms with van der Waals surface area (Å²) in [6.07, 6.45) is 0.628. The van der Waals surface area contributed by atoms with Crippen molar-refractivity contribution >= 4 is 62.7 Å². The molecule has 0 radical (unpaired) electrons. The molecule has 4 rings (SSSR count). The number of halogens is 4. The number of amides is 1. The second kappa shape index (κ2) is 10.4. The SMILES string of the molecule is O=C(CCc1ncc(C(=O)Nc2cc(C(F)(F)F)c(Cl)cn2)s1)c1cc(Nc2nccs2)ncn1. The Hall–Kier alpha value is -3.49. The second-order valence-electron chi connectivity index (χ2n) is 6.79. The number of hydrogen-bond donors (Lipinski definition) is 2. The van der Waals surface area contributed by atoms with Gasteiger partial charge in [0, 0.05) is 36.7 Å². The fourth-order valence-corrected chi connectivity index (χ4v) is 4.31. The van der Waals surface area contributed by atoms with Crippen LogP contribution in [0.2, 0.25) is 5.02 Å². The lowest BCUT2D eigenvalue weighted by atomic mass is 10.1. The number of rotatable bonds is 8. The molecule has 0 saturated heterocycles. The summed E-state index contributed by atoms with van der Waals surface area (Å²) >= 11 is 7.93. The molecule has 35 heavy (non-hydrogen) atoms. The van der Waals surface area contributed by atoms with Crippen molar-refractivity contribution in [3.8, 4) is 0 Å². The van der Waals surface area contributed by atoms with E-state index in [0.29, 0.717) is 22.0 Å². The van der Waals surface area contributed by atoms with E-state index in [4.69, 9.17) is 11.6 Å². The molecule has 0 aromatic carbocycles. The fraction of sp³-hybridized carbons (Fsp3) is 0.150. The highest BCUT2D eigenvalue weighted by molar-refractivity contribution is 7.14. The predicted octanol–water partition coefficient (Wildman–Crippen LogP) is 5.27. The summed E-state index contributed by atoms with van der Waals surface area (Å²) in [4.78, 5) is 45.1. The van der Waals surface area contributed by atoms with Crippen LogP contribution in [0.15, 0.2) is 42.4 Å². The monoisotopic (exact) mass is 539 g/mol. The first-order valence-corrected chi connectivity index (χ1v) is 11.8. The Morgan fingerprint density at radius 3 is 2.60 bits per heavy atom. The number of nitrogens with zero attached hydrogens (tertiary/aromatic N) is 5. The predicted molar refractivity (Wildman–Crippen MR) is 124 cm³/mol. The van der Waals surface area contributed by atoms with E-state index in [1.54, 1.807) is 11.6 Å². The van der Waals surface area contributed by atoms with Crippen LogP contribution in [0.3, 0.4) is 0 Å². The van der Waals surface area contributed by atoms with Gasteiger partial charge in [-0.3, -0.25) is 9.59 Å². The van der Waals surface area contributed by atoms with Crippen LogP contribution >= 0.6 is 34.3 Å². The summed E-state index contributed by atoms with van der Waals surface area (Å²) in [6.45, 7) is 0. The van der Waals surface area contributed by atoms with E-state index in [1.165, 1.54) is 29.9 Å². The van der Waals surface area contributed by atoms with Crippen LogP contribution in [0.4, 0.5) is 29.9 Å². The smallest absolute Gasteiger partial charge is 0.316 e. The van der Waals surface area contributed by atoms with Crippen molar-refractivity contribution in [3.63, 3.8) is 0 Å². The third-order valence-electron chi connectivity index (χ3n) is 4.37. The summed E-state index contributed by atoms with van der Waals surface area (Å²) in [5, 5.41) is 7.62. The first kappa shape index (κ1) is 24.6. The highest BCUT2D eigenvalue weighted by Gasteiger charge is 2.34. The van der Waals surface area contributed by atoms with E-state index >= 15 is 0 Å². The van der Waals surface area contributed by atoms with Crippen LogP contribution in [0.5, 0.6) is 0 Å². The van der Waals surface area contributed by atoms with Gasteiger partial charge in [-0.1, -0.05) is 11.6 Å². The molecule has 15 heteroatoms. The van der Waals surface area contributed by atoms with E-state index in [0.717, 1.165) is 17.5 Å². The maximum atomic E-state index is 13.0. The minimum Gasteiger partial charge on any atom is -0.316 e. The lowest BCUT2D eigenvalue weighted by molar-refractivity contribution is -0.137. The maximum absolute atomic E-state index is 13.0. The van der Waals surface area contributed by atoms with Crippen molar-refractivity contribution in [3.05, 3.63) is 68.6 Å². The van der Waals surface area contributed by atoms with Gasteiger partial charge >= 0.3 is 6.18 Å².